The van der Waals surface area contributed by atoms with E-state index in [9.17, 15) is 4.79 Å². The predicted molar refractivity (Wildman–Crippen MR) is 78.0 cm³/mol. The van der Waals surface area contributed by atoms with Crippen molar-refractivity contribution >= 4 is 28.9 Å². The van der Waals surface area contributed by atoms with Gasteiger partial charge in [0.25, 0.3) is 0 Å². The predicted octanol–water partition coefficient (Wildman–Crippen LogP) is 3.95. The number of thiophene rings is 1. The van der Waals surface area contributed by atoms with Gasteiger partial charge in [-0.25, -0.2) is 4.79 Å². The summed E-state index contributed by atoms with van der Waals surface area (Å²) in [5.41, 5.74) is 1.81. The Bertz CT molecular complexity index is 582. The van der Waals surface area contributed by atoms with Gasteiger partial charge in [-0.15, -0.1) is 11.3 Å². The monoisotopic (exact) mass is 295 g/mol. The molecule has 19 heavy (non-hydrogen) atoms. The first kappa shape index (κ1) is 14.1. The molecular weight excluding hydrogens is 282 g/mol. The Morgan fingerprint density at radius 3 is 2.84 bits per heavy atom. The van der Waals surface area contributed by atoms with Crippen molar-refractivity contribution in [3.8, 4) is 0 Å². The highest BCUT2D eigenvalue weighted by atomic mass is 35.5. The highest BCUT2D eigenvalue weighted by Crippen LogP contribution is 2.23. The first-order valence-corrected chi connectivity index (χ1v) is 7.13. The van der Waals surface area contributed by atoms with Crippen molar-refractivity contribution in [1.82, 2.24) is 5.32 Å². The molecule has 1 aromatic heterocycles. The molecule has 0 unspecified atom stereocenters. The second-order valence-electron chi connectivity index (χ2n) is 4.20. The number of carboxylic acids is 1. The molecule has 2 rings (SSSR count). The lowest BCUT2D eigenvalue weighted by atomic mass is 10.1. The molecular formula is C14H14ClNO2S. The number of benzene rings is 1. The van der Waals surface area contributed by atoms with Crippen LogP contribution in [0.5, 0.6) is 0 Å². The summed E-state index contributed by atoms with van der Waals surface area (Å²) in [5, 5.41) is 14.8. The van der Waals surface area contributed by atoms with Gasteiger partial charge in [-0.3, -0.25) is 0 Å². The minimum atomic E-state index is -0.878. The number of nitrogens with one attached hydrogen (secondary N) is 1. The summed E-state index contributed by atoms with van der Waals surface area (Å²) < 4.78 is 0. The highest BCUT2D eigenvalue weighted by molar-refractivity contribution is 7.12. The van der Waals surface area contributed by atoms with Gasteiger partial charge in [0.05, 0.1) is 0 Å². The average Bonchev–Trinajstić information content (AvgIpc) is 2.85. The number of carboxylic acid groups (broad SMARTS) is 1. The summed E-state index contributed by atoms with van der Waals surface area (Å²) in [5.74, 6) is -0.878. The van der Waals surface area contributed by atoms with Crippen molar-refractivity contribution in [2.24, 2.45) is 0 Å². The number of hydrogen-bond donors (Lipinski definition) is 2. The molecule has 3 nitrogen and oxygen atoms in total. The fraction of sp³-hybridized carbons (Fsp3) is 0.214. The van der Waals surface area contributed by atoms with Gasteiger partial charge in [0.15, 0.2) is 0 Å². The first-order chi connectivity index (χ1) is 9.09. The van der Waals surface area contributed by atoms with Crippen LogP contribution in [0.25, 0.3) is 0 Å². The van der Waals surface area contributed by atoms with Crippen LogP contribution in [-0.4, -0.2) is 11.1 Å². The quantitative estimate of drug-likeness (QED) is 0.878. The van der Waals surface area contributed by atoms with Crippen molar-refractivity contribution < 1.29 is 9.90 Å². The molecule has 5 heteroatoms. The van der Waals surface area contributed by atoms with E-state index in [-0.39, 0.29) is 6.04 Å². The van der Waals surface area contributed by atoms with E-state index >= 15 is 0 Å². The standard InChI is InChI=1S/C14H14ClNO2S/c1-9(11-4-2-3-5-12(11)15)16-8-10-6-7-19-13(10)14(17)18/h2-7,9,16H,8H2,1H3,(H,17,18)/t9-/m1/s1. The topological polar surface area (TPSA) is 49.3 Å². The fourth-order valence-electron chi connectivity index (χ4n) is 1.86. The van der Waals surface area contributed by atoms with Crippen LogP contribution >= 0.6 is 22.9 Å². The number of rotatable bonds is 5. The smallest absolute Gasteiger partial charge is 0.346 e. The zero-order valence-corrected chi connectivity index (χ0v) is 12.0. The lowest BCUT2D eigenvalue weighted by molar-refractivity contribution is 0.0701. The minimum absolute atomic E-state index is 0.0650. The highest BCUT2D eigenvalue weighted by Gasteiger charge is 2.13. The van der Waals surface area contributed by atoms with Gasteiger partial charge in [0.1, 0.15) is 4.88 Å². The van der Waals surface area contributed by atoms with Gasteiger partial charge in [-0.05, 0) is 35.6 Å². The zero-order chi connectivity index (χ0) is 13.8. The van der Waals surface area contributed by atoms with E-state index in [0.29, 0.717) is 16.4 Å². The molecule has 0 bridgehead atoms. The molecule has 1 atom stereocenters. The minimum Gasteiger partial charge on any atom is -0.477 e. The number of halogens is 1. The third-order valence-electron chi connectivity index (χ3n) is 2.91. The average molecular weight is 296 g/mol. The van der Waals surface area contributed by atoms with Gasteiger partial charge in [-0.1, -0.05) is 29.8 Å². The number of hydrogen-bond acceptors (Lipinski definition) is 3. The largest absolute Gasteiger partial charge is 0.477 e. The van der Waals surface area contributed by atoms with Crippen molar-refractivity contribution in [3.05, 3.63) is 56.7 Å². The van der Waals surface area contributed by atoms with Gasteiger partial charge in [0.2, 0.25) is 0 Å². The van der Waals surface area contributed by atoms with Crippen LogP contribution in [0, 0.1) is 0 Å². The van der Waals surface area contributed by atoms with E-state index in [2.05, 4.69) is 5.32 Å². The Kier molecular flexibility index (Phi) is 4.58. The third-order valence-corrected chi connectivity index (χ3v) is 4.20. The van der Waals surface area contributed by atoms with Crippen LogP contribution in [0.15, 0.2) is 35.7 Å². The van der Waals surface area contributed by atoms with Gasteiger partial charge in [0, 0.05) is 17.6 Å². The maximum atomic E-state index is 11.0. The van der Waals surface area contributed by atoms with E-state index in [1.54, 1.807) is 5.38 Å². The molecule has 1 heterocycles. The van der Waals surface area contributed by atoms with Crippen molar-refractivity contribution in [1.29, 1.82) is 0 Å². The summed E-state index contributed by atoms with van der Waals surface area (Å²) in [7, 11) is 0. The Morgan fingerprint density at radius 2 is 2.16 bits per heavy atom. The van der Waals surface area contributed by atoms with Crippen LogP contribution in [0.4, 0.5) is 0 Å². The SMILES string of the molecule is C[C@@H](NCc1ccsc1C(=O)O)c1ccccc1Cl. The Balaban J connectivity index is 2.05. The Morgan fingerprint density at radius 1 is 1.42 bits per heavy atom. The van der Waals surface area contributed by atoms with E-state index < -0.39 is 5.97 Å². The van der Waals surface area contributed by atoms with Crippen LogP contribution < -0.4 is 5.32 Å². The second-order valence-corrected chi connectivity index (χ2v) is 5.53. The molecule has 0 saturated heterocycles. The second kappa shape index (κ2) is 6.19. The summed E-state index contributed by atoms with van der Waals surface area (Å²) in [4.78, 5) is 11.4. The first-order valence-electron chi connectivity index (χ1n) is 5.87. The molecule has 0 aliphatic carbocycles. The summed E-state index contributed by atoms with van der Waals surface area (Å²) >= 11 is 7.37. The zero-order valence-electron chi connectivity index (χ0n) is 10.4. The van der Waals surface area contributed by atoms with Crippen LogP contribution in [0.2, 0.25) is 5.02 Å². The molecule has 0 saturated carbocycles. The van der Waals surface area contributed by atoms with Gasteiger partial charge >= 0.3 is 5.97 Å². The van der Waals surface area contributed by atoms with E-state index in [1.165, 1.54) is 11.3 Å². The molecule has 0 radical (unpaired) electrons. The molecule has 0 aliphatic heterocycles. The molecule has 100 valence electrons. The van der Waals surface area contributed by atoms with E-state index in [4.69, 9.17) is 16.7 Å². The summed E-state index contributed by atoms with van der Waals surface area (Å²) in [6.45, 7) is 2.52. The van der Waals surface area contributed by atoms with Crippen LogP contribution in [0.3, 0.4) is 0 Å². The van der Waals surface area contributed by atoms with Crippen LogP contribution in [-0.2, 0) is 6.54 Å². The Hall–Kier alpha value is -1.36. The summed E-state index contributed by atoms with van der Waals surface area (Å²) in [6.07, 6.45) is 0. The Labute approximate surface area is 120 Å². The molecule has 2 N–H and O–H groups in total. The normalized spacial score (nSPS) is 12.3. The molecule has 0 aliphatic rings. The fourth-order valence-corrected chi connectivity index (χ4v) is 2.92. The third kappa shape index (κ3) is 3.35. The molecule has 2 aromatic rings. The summed E-state index contributed by atoms with van der Waals surface area (Å²) in [6, 6.07) is 9.54. The maximum absolute atomic E-state index is 11.0. The van der Waals surface area contributed by atoms with Gasteiger partial charge in [-0.2, -0.15) is 0 Å². The van der Waals surface area contributed by atoms with E-state index in [1.807, 2.05) is 37.3 Å². The maximum Gasteiger partial charge on any atom is 0.346 e. The molecule has 0 spiro atoms. The number of aromatic carboxylic acids is 1. The number of carbonyl (C=O) groups is 1. The van der Waals surface area contributed by atoms with E-state index in [0.717, 1.165) is 11.1 Å². The van der Waals surface area contributed by atoms with Crippen molar-refractivity contribution in [2.75, 3.05) is 0 Å². The lowest BCUT2D eigenvalue weighted by Crippen LogP contribution is -2.19. The van der Waals surface area contributed by atoms with Gasteiger partial charge < -0.3 is 10.4 Å². The molecule has 0 amide bonds. The molecule has 1 aromatic carbocycles. The lowest BCUT2D eigenvalue weighted by Gasteiger charge is -2.15. The van der Waals surface area contributed by atoms with Crippen LogP contribution in [0.1, 0.15) is 33.8 Å². The van der Waals surface area contributed by atoms with Crippen molar-refractivity contribution in [3.63, 3.8) is 0 Å². The van der Waals surface area contributed by atoms with Crippen molar-refractivity contribution in [2.45, 2.75) is 19.5 Å². The molecule has 0 fully saturated rings.